The third-order valence-corrected chi connectivity index (χ3v) is 8.40. The van der Waals surface area contributed by atoms with Crippen molar-refractivity contribution in [2.45, 2.75) is 69.6 Å². The van der Waals surface area contributed by atoms with E-state index in [1.54, 1.807) is 19.1 Å². The van der Waals surface area contributed by atoms with E-state index in [9.17, 15) is 19.2 Å². The predicted molar refractivity (Wildman–Crippen MR) is 160 cm³/mol. The molecule has 10 nitrogen and oxygen atoms in total. The molecule has 4 rings (SSSR count). The first-order valence-electron chi connectivity index (χ1n) is 14.8. The molecule has 2 heterocycles. The maximum absolute atomic E-state index is 14.1. The van der Waals surface area contributed by atoms with Gasteiger partial charge in [0.25, 0.3) is 0 Å². The predicted octanol–water partition coefficient (Wildman–Crippen LogP) is 1.58. The van der Waals surface area contributed by atoms with Crippen LogP contribution < -0.4 is 26.0 Å². The average molecular weight is 578 g/mol. The molecule has 4 N–H and O–H groups in total. The van der Waals surface area contributed by atoms with Crippen molar-refractivity contribution >= 4 is 23.6 Å². The third-order valence-electron chi connectivity index (χ3n) is 8.40. The number of nitrogens with one attached hydrogen (secondary N) is 4. The molecule has 2 aliphatic rings. The van der Waals surface area contributed by atoms with Crippen molar-refractivity contribution in [3.8, 4) is 5.75 Å². The Kier molecular flexibility index (Phi) is 10.9. The number of ether oxygens (including phenoxy) is 1. The van der Waals surface area contributed by atoms with E-state index in [0.29, 0.717) is 38.6 Å². The average Bonchev–Trinajstić information content (AvgIpc) is 3.38. The number of nitrogens with zero attached hydrogens (tertiary/aromatic N) is 1. The molecule has 10 heteroatoms. The van der Waals surface area contributed by atoms with Crippen molar-refractivity contribution in [1.82, 2.24) is 26.2 Å². The van der Waals surface area contributed by atoms with Crippen molar-refractivity contribution in [2.24, 2.45) is 5.92 Å². The van der Waals surface area contributed by atoms with Gasteiger partial charge in [-0.1, -0.05) is 42.5 Å². The van der Waals surface area contributed by atoms with Gasteiger partial charge >= 0.3 is 0 Å². The molecule has 42 heavy (non-hydrogen) atoms. The highest BCUT2D eigenvalue weighted by Crippen LogP contribution is 2.34. The van der Waals surface area contributed by atoms with Gasteiger partial charge in [0.1, 0.15) is 17.8 Å². The lowest BCUT2D eigenvalue weighted by atomic mass is 9.92. The number of rotatable bonds is 12. The minimum Gasteiger partial charge on any atom is -0.497 e. The maximum Gasteiger partial charge on any atom is 0.246 e. The van der Waals surface area contributed by atoms with Crippen molar-refractivity contribution < 1.29 is 23.9 Å². The fourth-order valence-electron chi connectivity index (χ4n) is 6.04. The molecular weight excluding hydrogens is 534 g/mol. The van der Waals surface area contributed by atoms with Gasteiger partial charge in [-0.2, -0.15) is 0 Å². The minimum absolute atomic E-state index is 0.0824. The van der Waals surface area contributed by atoms with E-state index < -0.39 is 18.1 Å². The van der Waals surface area contributed by atoms with E-state index in [1.807, 2.05) is 54.6 Å². The Hall–Kier alpha value is -3.92. The molecule has 0 aromatic heterocycles. The van der Waals surface area contributed by atoms with Gasteiger partial charge in [-0.05, 0) is 68.8 Å². The highest BCUT2D eigenvalue weighted by atomic mass is 16.5. The van der Waals surface area contributed by atoms with Crippen molar-refractivity contribution in [2.75, 3.05) is 27.2 Å². The summed E-state index contributed by atoms with van der Waals surface area (Å²) < 4.78 is 5.21. The summed E-state index contributed by atoms with van der Waals surface area (Å²) in [7, 11) is 3.34. The molecule has 2 aliphatic heterocycles. The molecule has 226 valence electrons. The second kappa shape index (κ2) is 14.8. The van der Waals surface area contributed by atoms with Crippen LogP contribution in [-0.2, 0) is 32.0 Å². The van der Waals surface area contributed by atoms with Crippen LogP contribution in [0.1, 0.15) is 43.7 Å². The summed E-state index contributed by atoms with van der Waals surface area (Å²) in [4.78, 5) is 54.4. The molecule has 4 amide bonds. The van der Waals surface area contributed by atoms with Gasteiger partial charge in [0.05, 0.1) is 13.2 Å². The number of likely N-dealkylation sites (N-methyl/N-ethyl adjacent to an activating group) is 1. The topological polar surface area (TPSA) is 129 Å². The first-order valence-corrected chi connectivity index (χ1v) is 14.8. The summed E-state index contributed by atoms with van der Waals surface area (Å²) in [6.07, 6.45) is 3.78. The van der Waals surface area contributed by atoms with Crippen molar-refractivity contribution in [3.63, 3.8) is 0 Å². The van der Waals surface area contributed by atoms with E-state index in [-0.39, 0.29) is 42.1 Å². The molecule has 2 fully saturated rings. The van der Waals surface area contributed by atoms with E-state index in [4.69, 9.17) is 4.74 Å². The smallest absolute Gasteiger partial charge is 0.246 e. The first kappa shape index (κ1) is 31.0. The number of fused-ring (bicyclic) bond motifs is 1. The van der Waals surface area contributed by atoms with Crippen LogP contribution in [0.2, 0.25) is 0 Å². The SMILES string of the molecule is CN[C@H](Cc1ccccc1)C(=O)N[C@@H]1C(=O)N2C(CC[C@@H]1CNC(C)=O)CC[C@H]2C(=O)NCCc1ccc(OC)cc1. The van der Waals surface area contributed by atoms with Gasteiger partial charge in [-0.3, -0.25) is 19.2 Å². The largest absolute Gasteiger partial charge is 0.497 e. The Balaban J connectivity index is 1.46. The van der Waals surface area contributed by atoms with Gasteiger partial charge in [-0.25, -0.2) is 0 Å². The zero-order valence-electron chi connectivity index (χ0n) is 24.7. The van der Waals surface area contributed by atoms with E-state index >= 15 is 0 Å². The zero-order valence-corrected chi connectivity index (χ0v) is 24.7. The van der Waals surface area contributed by atoms with Crippen LogP contribution in [0.5, 0.6) is 5.75 Å². The number of carbonyl (C=O) groups is 4. The zero-order chi connectivity index (χ0) is 30.1. The summed E-state index contributed by atoms with van der Waals surface area (Å²) in [5.41, 5.74) is 2.07. The molecule has 0 saturated carbocycles. The van der Waals surface area contributed by atoms with Crippen molar-refractivity contribution in [1.29, 1.82) is 0 Å². The lowest BCUT2D eigenvalue weighted by Crippen LogP contribution is -2.59. The third kappa shape index (κ3) is 7.88. The number of amides is 4. The quantitative estimate of drug-likeness (QED) is 0.303. The second-order valence-electron chi connectivity index (χ2n) is 11.2. The van der Waals surface area contributed by atoms with Gasteiger partial charge in [0.15, 0.2) is 0 Å². The maximum atomic E-state index is 14.1. The molecule has 1 unspecified atom stereocenters. The lowest BCUT2D eigenvalue weighted by Gasteiger charge is -2.33. The van der Waals surface area contributed by atoms with E-state index in [0.717, 1.165) is 23.3 Å². The number of methoxy groups -OCH3 is 1. The first-order chi connectivity index (χ1) is 20.3. The van der Waals surface area contributed by atoms with Gasteiger partial charge < -0.3 is 30.9 Å². The minimum atomic E-state index is -0.853. The Labute approximate surface area is 247 Å². The number of hydrogen-bond acceptors (Lipinski definition) is 6. The molecular formula is C32H43N5O5. The molecule has 2 aromatic carbocycles. The molecule has 0 aliphatic carbocycles. The van der Waals surface area contributed by atoms with Gasteiger partial charge in [0, 0.05) is 32.0 Å². The van der Waals surface area contributed by atoms with Crippen LogP contribution >= 0.6 is 0 Å². The molecule has 0 radical (unpaired) electrons. The molecule has 0 spiro atoms. The summed E-state index contributed by atoms with van der Waals surface area (Å²) >= 11 is 0. The van der Waals surface area contributed by atoms with Crippen molar-refractivity contribution in [3.05, 3.63) is 65.7 Å². The summed E-state index contributed by atoms with van der Waals surface area (Å²) in [5, 5.41) is 11.9. The number of benzene rings is 2. The van der Waals surface area contributed by atoms with Gasteiger partial charge in [0.2, 0.25) is 23.6 Å². The van der Waals surface area contributed by atoms with Crippen LogP contribution in [0, 0.1) is 5.92 Å². The molecule has 0 bridgehead atoms. The standard InChI is InChI=1S/C32H43N5O5/c1-21(38)35-20-24-11-12-25-13-16-28(31(40)34-18-17-22-9-14-26(42-3)15-10-22)37(25)32(41)29(24)36-30(39)27(33-2)19-23-7-5-4-6-8-23/h4-10,14-15,24-25,27-29,33H,11-13,16-20H2,1-3H3,(H,34,40)(H,35,38)(H,36,39)/t24-,25?,27-,28+,29+/m1/s1. The van der Waals surface area contributed by atoms with E-state index in [2.05, 4.69) is 21.3 Å². The highest BCUT2D eigenvalue weighted by molar-refractivity contribution is 5.94. The van der Waals surface area contributed by atoms with Crippen LogP contribution in [0.4, 0.5) is 0 Å². The summed E-state index contributed by atoms with van der Waals surface area (Å²) in [6.45, 7) is 2.16. The molecule has 5 atom stereocenters. The normalized spacial score (nSPS) is 22.5. The fourth-order valence-corrected chi connectivity index (χ4v) is 6.04. The van der Waals surface area contributed by atoms with Crippen LogP contribution in [0.3, 0.4) is 0 Å². The highest BCUT2D eigenvalue weighted by Gasteiger charge is 2.47. The monoisotopic (exact) mass is 577 g/mol. The summed E-state index contributed by atoms with van der Waals surface area (Å²) in [5.74, 6) is -0.428. The Bertz CT molecular complexity index is 1220. The Morgan fingerprint density at radius 1 is 0.952 bits per heavy atom. The van der Waals surface area contributed by atoms with Crippen LogP contribution in [0.15, 0.2) is 54.6 Å². The molecule has 2 aromatic rings. The number of carbonyl (C=O) groups excluding carboxylic acids is 4. The van der Waals surface area contributed by atoms with Crippen LogP contribution in [-0.4, -0.2) is 79.9 Å². The Morgan fingerprint density at radius 2 is 1.67 bits per heavy atom. The number of hydrogen-bond donors (Lipinski definition) is 4. The van der Waals surface area contributed by atoms with E-state index in [1.165, 1.54) is 6.92 Å². The second-order valence-corrected chi connectivity index (χ2v) is 11.2. The van der Waals surface area contributed by atoms with Crippen LogP contribution in [0.25, 0.3) is 0 Å². The fraction of sp³-hybridized carbons (Fsp3) is 0.500. The lowest BCUT2D eigenvalue weighted by molar-refractivity contribution is -0.143. The summed E-state index contributed by atoms with van der Waals surface area (Å²) in [6, 6.07) is 15.3. The molecule has 2 saturated heterocycles. The Morgan fingerprint density at radius 3 is 2.33 bits per heavy atom. The van der Waals surface area contributed by atoms with Gasteiger partial charge in [-0.15, -0.1) is 0 Å².